The number of alkyl halides is 1. The molecular formula is C24H28FN7OS. The van der Waals surface area contributed by atoms with Crippen LogP contribution in [-0.2, 0) is 24.9 Å². The minimum absolute atomic E-state index is 0.0112. The van der Waals surface area contributed by atoms with Crippen LogP contribution in [0.1, 0.15) is 52.9 Å². The molecular weight excluding hydrogens is 453 g/mol. The molecule has 0 unspecified atom stereocenters. The summed E-state index contributed by atoms with van der Waals surface area (Å²) in [5.41, 5.74) is 9.90. The molecule has 34 heavy (non-hydrogen) atoms. The van der Waals surface area contributed by atoms with Crippen molar-refractivity contribution >= 4 is 22.2 Å². The highest BCUT2D eigenvalue weighted by molar-refractivity contribution is 7.16. The number of nitrogens with zero attached hydrogens (tertiary/aromatic N) is 5. The molecule has 0 bridgehead atoms. The predicted molar refractivity (Wildman–Crippen MR) is 127 cm³/mol. The molecule has 2 aromatic rings. The average Bonchev–Trinajstić information content (AvgIpc) is 3.56. The number of aromatic nitrogens is 2. The molecule has 0 aromatic carbocycles. The first-order valence-corrected chi connectivity index (χ1v) is 13.0. The van der Waals surface area contributed by atoms with Crippen molar-refractivity contribution in [2.45, 2.75) is 62.3 Å². The number of halogens is 1. The van der Waals surface area contributed by atoms with Crippen LogP contribution < -0.4 is 20.7 Å². The molecule has 5 aliphatic rings. The topological polar surface area (TPSA) is 103 Å². The summed E-state index contributed by atoms with van der Waals surface area (Å²) < 4.78 is 20.4. The lowest BCUT2D eigenvalue weighted by atomic mass is 9.74. The summed E-state index contributed by atoms with van der Waals surface area (Å²) >= 11 is 1.58. The van der Waals surface area contributed by atoms with Crippen molar-refractivity contribution in [1.29, 1.82) is 5.26 Å². The molecule has 6 heterocycles. The molecule has 0 saturated carbocycles. The molecule has 3 N–H and O–H groups in total. The first-order valence-electron chi connectivity index (χ1n) is 12.2. The molecule has 8 nitrogen and oxygen atoms in total. The van der Waals surface area contributed by atoms with Gasteiger partial charge in [-0.05, 0) is 37.8 Å². The molecule has 2 aromatic heterocycles. The Morgan fingerprint density at radius 3 is 3.03 bits per heavy atom. The summed E-state index contributed by atoms with van der Waals surface area (Å²) in [4.78, 5) is 15.4. The molecule has 1 aliphatic carbocycles. The highest BCUT2D eigenvalue weighted by Crippen LogP contribution is 2.53. The minimum Gasteiger partial charge on any atom is -0.461 e. The van der Waals surface area contributed by atoms with E-state index < -0.39 is 6.17 Å². The van der Waals surface area contributed by atoms with Gasteiger partial charge in [-0.2, -0.15) is 15.2 Å². The Bertz CT molecular complexity index is 1220. The third-order valence-corrected chi connectivity index (χ3v) is 9.72. The number of hydrogen-bond acceptors (Lipinski definition) is 9. The van der Waals surface area contributed by atoms with Crippen molar-refractivity contribution in [3.63, 3.8) is 0 Å². The number of nitrogens with two attached hydrogens (primary N) is 1. The van der Waals surface area contributed by atoms with E-state index in [4.69, 9.17) is 20.4 Å². The second-order valence-corrected chi connectivity index (χ2v) is 11.7. The summed E-state index contributed by atoms with van der Waals surface area (Å²) in [5.74, 6) is 0.932. The van der Waals surface area contributed by atoms with Crippen LogP contribution in [-0.4, -0.2) is 59.4 Å². The first kappa shape index (κ1) is 20.9. The van der Waals surface area contributed by atoms with Gasteiger partial charge >= 0.3 is 6.01 Å². The molecule has 178 valence electrons. The molecule has 1 spiro atoms. The first-order chi connectivity index (χ1) is 16.5. The number of anilines is 2. The van der Waals surface area contributed by atoms with Gasteiger partial charge in [-0.1, -0.05) is 0 Å². The number of nitriles is 1. The van der Waals surface area contributed by atoms with E-state index in [0.717, 1.165) is 68.9 Å². The Hall–Kier alpha value is -2.48. The highest BCUT2D eigenvalue weighted by atomic mass is 32.1. The maximum absolute atomic E-state index is 14.2. The Kier molecular flexibility index (Phi) is 4.45. The van der Waals surface area contributed by atoms with Gasteiger partial charge in [0.25, 0.3) is 0 Å². The van der Waals surface area contributed by atoms with E-state index in [1.165, 1.54) is 10.4 Å². The lowest BCUT2D eigenvalue weighted by Crippen LogP contribution is -2.59. The van der Waals surface area contributed by atoms with E-state index in [9.17, 15) is 9.65 Å². The number of nitrogens with one attached hydrogen (secondary N) is 1. The van der Waals surface area contributed by atoms with Crippen LogP contribution in [0.3, 0.4) is 0 Å². The minimum atomic E-state index is -0.775. The Balaban J connectivity index is 1.15. The van der Waals surface area contributed by atoms with Crippen LogP contribution in [0.4, 0.5) is 15.2 Å². The summed E-state index contributed by atoms with van der Waals surface area (Å²) in [6.07, 6.45) is 3.86. The van der Waals surface area contributed by atoms with Gasteiger partial charge in [0.2, 0.25) is 0 Å². The molecule has 10 heteroatoms. The SMILES string of the molecule is N#Cc1c(N)sc2c1C1(CC2)CN(c2nc(OC[C@@]34CCCN3C[C@H](F)C4)nc3c2CNC3)C1. The third kappa shape index (κ3) is 2.87. The predicted octanol–water partition coefficient (Wildman–Crippen LogP) is 2.25. The molecule has 4 aliphatic heterocycles. The van der Waals surface area contributed by atoms with Crippen molar-refractivity contribution < 1.29 is 9.13 Å². The van der Waals surface area contributed by atoms with E-state index >= 15 is 0 Å². The van der Waals surface area contributed by atoms with Gasteiger partial charge in [0.05, 0.1) is 16.8 Å². The lowest BCUT2D eigenvalue weighted by molar-refractivity contribution is 0.107. The highest BCUT2D eigenvalue weighted by Gasteiger charge is 2.52. The fraction of sp³-hybridized carbons (Fsp3) is 0.625. The van der Waals surface area contributed by atoms with E-state index in [1.807, 2.05) is 0 Å². The maximum Gasteiger partial charge on any atom is 0.318 e. The van der Waals surface area contributed by atoms with Crippen molar-refractivity contribution in [3.8, 4) is 12.1 Å². The van der Waals surface area contributed by atoms with Gasteiger partial charge in [-0.3, -0.25) is 4.90 Å². The number of rotatable bonds is 4. The van der Waals surface area contributed by atoms with Gasteiger partial charge in [0.15, 0.2) is 0 Å². The number of hydrogen-bond donors (Lipinski definition) is 2. The van der Waals surface area contributed by atoms with Gasteiger partial charge < -0.3 is 20.7 Å². The maximum atomic E-state index is 14.2. The lowest BCUT2D eigenvalue weighted by Gasteiger charge is -2.49. The van der Waals surface area contributed by atoms with E-state index in [-0.39, 0.29) is 11.0 Å². The summed E-state index contributed by atoms with van der Waals surface area (Å²) in [6.45, 7) is 5.00. The number of fused-ring (bicyclic) bond motifs is 4. The van der Waals surface area contributed by atoms with Crippen LogP contribution in [0.2, 0.25) is 0 Å². The van der Waals surface area contributed by atoms with Gasteiger partial charge in [-0.15, -0.1) is 11.3 Å². The normalized spacial score (nSPS) is 28.6. The zero-order chi connectivity index (χ0) is 23.1. The van der Waals surface area contributed by atoms with E-state index in [1.54, 1.807) is 11.3 Å². The molecule has 0 radical (unpaired) electrons. The van der Waals surface area contributed by atoms with Crippen LogP contribution in [0.15, 0.2) is 0 Å². The zero-order valence-electron chi connectivity index (χ0n) is 19.1. The Morgan fingerprint density at radius 2 is 2.18 bits per heavy atom. The molecule has 3 saturated heterocycles. The largest absolute Gasteiger partial charge is 0.461 e. The van der Waals surface area contributed by atoms with Gasteiger partial charge in [-0.25, -0.2) is 4.39 Å². The standard InChI is InChI=1S/C24H28FN7OS/c25-14-6-24(3-1-5-32(24)10-14)13-33-22-29-17-9-28-8-16(17)21(30-22)31-11-23(12-31)4-2-18-19(23)15(7-26)20(27)34-18/h14,28H,1-6,8-13,27H2/t14-,24+/m1/s1. The third-order valence-electron chi connectivity index (χ3n) is 8.64. The van der Waals surface area contributed by atoms with Crippen LogP contribution in [0.5, 0.6) is 6.01 Å². The summed E-state index contributed by atoms with van der Waals surface area (Å²) in [6, 6.07) is 2.74. The number of nitrogen functional groups attached to an aromatic ring is 1. The molecule has 2 atom stereocenters. The molecule has 3 fully saturated rings. The summed E-state index contributed by atoms with van der Waals surface area (Å²) in [7, 11) is 0. The fourth-order valence-corrected chi connectivity index (χ4v) is 8.22. The van der Waals surface area contributed by atoms with E-state index in [0.29, 0.717) is 42.7 Å². The zero-order valence-corrected chi connectivity index (χ0v) is 19.9. The van der Waals surface area contributed by atoms with Gasteiger partial charge in [0.1, 0.15) is 29.7 Å². The van der Waals surface area contributed by atoms with Crippen LogP contribution in [0.25, 0.3) is 0 Å². The van der Waals surface area contributed by atoms with Crippen LogP contribution in [0, 0.1) is 11.3 Å². The Labute approximate surface area is 201 Å². The van der Waals surface area contributed by atoms with E-state index in [2.05, 4.69) is 21.2 Å². The van der Waals surface area contributed by atoms with Crippen molar-refractivity contribution in [2.24, 2.45) is 0 Å². The van der Waals surface area contributed by atoms with Gasteiger partial charge in [0, 0.05) is 55.0 Å². The number of aryl methyl sites for hydroxylation is 1. The molecule has 0 amide bonds. The summed E-state index contributed by atoms with van der Waals surface area (Å²) in [5, 5.41) is 13.7. The smallest absolute Gasteiger partial charge is 0.318 e. The number of thiophene rings is 1. The molecule has 7 rings (SSSR count). The van der Waals surface area contributed by atoms with Crippen molar-refractivity contribution in [3.05, 3.63) is 27.3 Å². The van der Waals surface area contributed by atoms with Crippen LogP contribution >= 0.6 is 11.3 Å². The average molecular weight is 482 g/mol. The van der Waals surface area contributed by atoms with Crippen molar-refractivity contribution in [2.75, 3.05) is 43.4 Å². The quantitative estimate of drug-likeness (QED) is 0.686. The Morgan fingerprint density at radius 1 is 1.29 bits per heavy atom. The second kappa shape index (κ2) is 7.26. The monoisotopic (exact) mass is 481 g/mol. The number of ether oxygens (including phenoxy) is 1. The van der Waals surface area contributed by atoms with Crippen molar-refractivity contribution in [1.82, 2.24) is 20.2 Å². The second-order valence-electron chi connectivity index (χ2n) is 10.6. The fourth-order valence-electron chi connectivity index (χ4n) is 7.08.